The first-order valence-corrected chi connectivity index (χ1v) is 7.52. The molecular formula is C13H24ClN3S. The highest BCUT2D eigenvalue weighted by Crippen LogP contribution is 2.17. The van der Waals surface area contributed by atoms with Gasteiger partial charge in [-0.2, -0.15) is 0 Å². The zero-order chi connectivity index (χ0) is 12.1. The average Bonchev–Trinajstić information content (AvgIpc) is 2.77. The van der Waals surface area contributed by atoms with Gasteiger partial charge in [0.1, 0.15) is 5.01 Å². The molecule has 18 heavy (non-hydrogen) atoms. The SMILES string of the molecule is CCCc1csc(CN2CCCC(NC)C2)n1.Cl. The molecule has 5 heteroatoms. The minimum atomic E-state index is 0. The molecule has 1 aliphatic rings. The fraction of sp³-hybridized carbons (Fsp3) is 0.769. The molecule has 1 saturated heterocycles. The largest absolute Gasteiger partial charge is 0.316 e. The molecule has 0 amide bonds. The Kier molecular flexibility index (Phi) is 7.15. The quantitative estimate of drug-likeness (QED) is 0.903. The normalized spacial score (nSPS) is 20.7. The maximum Gasteiger partial charge on any atom is 0.107 e. The monoisotopic (exact) mass is 289 g/mol. The molecule has 0 aromatic carbocycles. The van der Waals surface area contributed by atoms with E-state index in [1.54, 1.807) is 0 Å². The summed E-state index contributed by atoms with van der Waals surface area (Å²) in [5.74, 6) is 0. The van der Waals surface area contributed by atoms with Gasteiger partial charge in [-0.3, -0.25) is 4.90 Å². The Morgan fingerprint density at radius 1 is 1.56 bits per heavy atom. The number of halogens is 1. The topological polar surface area (TPSA) is 28.2 Å². The third kappa shape index (κ3) is 4.50. The Morgan fingerprint density at radius 3 is 3.11 bits per heavy atom. The smallest absolute Gasteiger partial charge is 0.107 e. The van der Waals surface area contributed by atoms with Crippen molar-refractivity contribution < 1.29 is 0 Å². The lowest BCUT2D eigenvalue weighted by molar-refractivity contribution is 0.187. The standard InChI is InChI=1S/C13H23N3S.ClH/c1-3-5-12-10-17-13(15-12)9-16-7-4-6-11(8-16)14-2;/h10-11,14H,3-9H2,1-2H3;1H. The number of thiazole rings is 1. The summed E-state index contributed by atoms with van der Waals surface area (Å²) in [5.41, 5.74) is 1.27. The van der Waals surface area contributed by atoms with Gasteiger partial charge in [0, 0.05) is 18.0 Å². The molecule has 1 atom stereocenters. The van der Waals surface area contributed by atoms with Gasteiger partial charge in [0.2, 0.25) is 0 Å². The molecule has 2 heterocycles. The summed E-state index contributed by atoms with van der Waals surface area (Å²) in [6.07, 6.45) is 4.93. The number of nitrogens with one attached hydrogen (secondary N) is 1. The summed E-state index contributed by atoms with van der Waals surface area (Å²) in [6.45, 7) is 5.63. The van der Waals surface area contributed by atoms with Crippen LogP contribution in [0.4, 0.5) is 0 Å². The number of likely N-dealkylation sites (tertiary alicyclic amines) is 1. The molecule has 3 nitrogen and oxygen atoms in total. The number of hydrogen-bond acceptors (Lipinski definition) is 4. The molecule has 0 spiro atoms. The van der Waals surface area contributed by atoms with Crippen LogP contribution in [0.2, 0.25) is 0 Å². The Hall–Kier alpha value is -0.160. The lowest BCUT2D eigenvalue weighted by Gasteiger charge is -2.31. The molecule has 0 saturated carbocycles. The molecule has 0 bridgehead atoms. The van der Waals surface area contributed by atoms with E-state index in [1.807, 2.05) is 11.3 Å². The van der Waals surface area contributed by atoms with Crippen molar-refractivity contribution in [1.82, 2.24) is 15.2 Å². The van der Waals surface area contributed by atoms with E-state index in [1.165, 1.54) is 43.1 Å². The molecule has 1 aromatic heterocycles. The molecule has 0 aliphatic carbocycles. The summed E-state index contributed by atoms with van der Waals surface area (Å²) in [5, 5.41) is 6.89. The van der Waals surface area contributed by atoms with E-state index in [4.69, 9.17) is 4.98 Å². The summed E-state index contributed by atoms with van der Waals surface area (Å²) in [7, 11) is 2.07. The van der Waals surface area contributed by atoms with Gasteiger partial charge >= 0.3 is 0 Å². The van der Waals surface area contributed by atoms with Gasteiger partial charge in [0.25, 0.3) is 0 Å². The number of aromatic nitrogens is 1. The number of hydrogen-bond donors (Lipinski definition) is 1. The van der Waals surface area contributed by atoms with Gasteiger partial charge in [-0.15, -0.1) is 23.7 Å². The first kappa shape index (κ1) is 15.9. The van der Waals surface area contributed by atoms with Crippen molar-refractivity contribution in [2.45, 2.75) is 45.2 Å². The van der Waals surface area contributed by atoms with Crippen molar-refractivity contribution in [3.8, 4) is 0 Å². The molecule has 1 aliphatic heterocycles. The molecule has 1 unspecified atom stereocenters. The van der Waals surface area contributed by atoms with E-state index in [0.717, 1.165) is 13.0 Å². The second kappa shape index (κ2) is 8.10. The Balaban J connectivity index is 0.00000162. The molecule has 1 fully saturated rings. The van der Waals surface area contributed by atoms with Crippen molar-refractivity contribution in [2.24, 2.45) is 0 Å². The molecule has 104 valence electrons. The van der Waals surface area contributed by atoms with Crippen molar-refractivity contribution in [1.29, 1.82) is 0 Å². The minimum Gasteiger partial charge on any atom is -0.316 e. The molecule has 0 radical (unpaired) electrons. The number of aryl methyl sites for hydroxylation is 1. The number of piperidine rings is 1. The van der Waals surface area contributed by atoms with Gasteiger partial charge in [-0.1, -0.05) is 13.3 Å². The predicted molar refractivity (Wildman–Crippen MR) is 80.7 cm³/mol. The van der Waals surface area contributed by atoms with Crippen molar-refractivity contribution >= 4 is 23.7 Å². The Morgan fingerprint density at radius 2 is 2.39 bits per heavy atom. The van der Waals surface area contributed by atoms with Crippen molar-refractivity contribution in [3.05, 3.63) is 16.1 Å². The minimum absolute atomic E-state index is 0. The van der Waals surface area contributed by atoms with Crippen LogP contribution in [0.5, 0.6) is 0 Å². The second-order valence-electron chi connectivity index (χ2n) is 4.85. The van der Waals surface area contributed by atoms with Gasteiger partial charge < -0.3 is 5.32 Å². The van der Waals surface area contributed by atoms with Gasteiger partial charge in [0.15, 0.2) is 0 Å². The van der Waals surface area contributed by atoms with Crippen LogP contribution in [0, 0.1) is 0 Å². The molecule has 2 rings (SSSR count). The Bertz CT molecular complexity index is 343. The van der Waals surface area contributed by atoms with Crippen LogP contribution in [0.3, 0.4) is 0 Å². The molecular weight excluding hydrogens is 266 g/mol. The van der Waals surface area contributed by atoms with Gasteiger partial charge in [-0.25, -0.2) is 4.98 Å². The third-order valence-electron chi connectivity index (χ3n) is 3.38. The van der Waals surface area contributed by atoms with Crippen LogP contribution in [0.25, 0.3) is 0 Å². The summed E-state index contributed by atoms with van der Waals surface area (Å²) < 4.78 is 0. The second-order valence-corrected chi connectivity index (χ2v) is 5.79. The highest BCUT2D eigenvalue weighted by Gasteiger charge is 2.19. The Labute approximate surface area is 120 Å². The third-order valence-corrected chi connectivity index (χ3v) is 4.26. The maximum absolute atomic E-state index is 4.70. The van der Waals surface area contributed by atoms with Gasteiger partial charge in [0.05, 0.1) is 12.2 Å². The number of likely N-dealkylation sites (N-methyl/N-ethyl adjacent to an activating group) is 1. The highest BCUT2D eigenvalue weighted by atomic mass is 35.5. The van der Waals surface area contributed by atoms with Crippen LogP contribution in [-0.2, 0) is 13.0 Å². The zero-order valence-electron chi connectivity index (χ0n) is 11.3. The summed E-state index contributed by atoms with van der Waals surface area (Å²) >= 11 is 1.82. The van der Waals surface area contributed by atoms with E-state index in [9.17, 15) is 0 Å². The first-order chi connectivity index (χ1) is 8.31. The number of rotatable bonds is 5. The van der Waals surface area contributed by atoms with Crippen molar-refractivity contribution in [3.63, 3.8) is 0 Å². The van der Waals surface area contributed by atoms with E-state index < -0.39 is 0 Å². The van der Waals surface area contributed by atoms with Crippen LogP contribution < -0.4 is 5.32 Å². The van der Waals surface area contributed by atoms with Crippen LogP contribution in [0.1, 0.15) is 36.9 Å². The zero-order valence-corrected chi connectivity index (χ0v) is 12.9. The van der Waals surface area contributed by atoms with E-state index in [2.05, 4.69) is 29.6 Å². The number of nitrogens with zero attached hydrogens (tertiary/aromatic N) is 2. The van der Waals surface area contributed by atoms with Crippen LogP contribution >= 0.6 is 23.7 Å². The molecule has 1 aromatic rings. The van der Waals surface area contributed by atoms with Gasteiger partial charge in [-0.05, 0) is 32.9 Å². The fourth-order valence-electron chi connectivity index (χ4n) is 2.42. The molecule has 1 N–H and O–H groups in total. The predicted octanol–water partition coefficient (Wildman–Crippen LogP) is 2.70. The average molecular weight is 290 g/mol. The summed E-state index contributed by atoms with van der Waals surface area (Å²) in [4.78, 5) is 7.23. The maximum atomic E-state index is 4.70. The van der Waals surface area contributed by atoms with E-state index >= 15 is 0 Å². The van der Waals surface area contributed by atoms with Crippen LogP contribution in [0.15, 0.2) is 5.38 Å². The first-order valence-electron chi connectivity index (χ1n) is 6.64. The van der Waals surface area contributed by atoms with E-state index in [0.29, 0.717) is 6.04 Å². The summed E-state index contributed by atoms with van der Waals surface area (Å²) in [6, 6.07) is 0.666. The fourth-order valence-corrected chi connectivity index (χ4v) is 3.29. The van der Waals surface area contributed by atoms with Crippen LogP contribution in [-0.4, -0.2) is 36.1 Å². The van der Waals surface area contributed by atoms with E-state index in [-0.39, 0.29) is 12.4 Å². The lowest BCUT2D eigenvalue weighted by atomic mass is 10.1. The lowest BCUT2D eigenvalue weighted by Crippen LogP contribution is -2.43. The highest BCUT2D eigenvalue weighted by molar-refractivity contribution is 7.09. The van der Waals surface area contributed by atoms with Crippen molar-refractivity contribution in [2.75, 3.05) is 20.1 Å².